The number of hydrogen-bond acceptors (Lipinski definition) is 3. The predicted octanol–water partition coefficient (Wildman–Crippen LogP) is 4.92. The van der Waals surface area contributed by atoms with Crippen LogP contribution in [0.5, 0.6) is 0 Å². The van der Waals surface area contributed by atoms with Crippen LogP contribution in [0.3, 0.4) is 0 Å². The number of hydrogen-bond donors (Lipinski definition) is 1. The molecule has 1 unspecified atom stereocenters. The molecular weight excluding hydrogens is 322 g/mol. The molecule has 0 aromatic rings. The van der Waals surface area contributed by atoms with Crippen LogP contribution in [0.25, 0.3) is 0 Å². The average molecular weight is 360 g/mol. The topological polar surface area (TPSA) is 56.1 Å². The maximum atomic E-state index is 12.6. The summed E-state index contributed by atoms with van der Waals surface area (Å²) in [7, 11) is 0. The highest BCUT2D eigenvalue weighted by molar-refractivity contribution is 5.97. The molecule has 4 heteroatoms. The molecule has 1 heterocycles. The summed E-state index contributed by atoms with van der Waals surface area (Å²) >= 11 is 0. The van der Waals surface area contributed by atoms with Gasteiger partial charge in [-0.1, -0.05) is 64.7 Å². The van der Waals surface area contributed by atoms with E-state index in [9.17, 15) is 10.1 Å². The van der Waals surface area contributed by atoms with Gasteiger partial charge in [0.1, 0.15) is 11.6 Å². The largest absolute Gasteiger partial charge is 0.376 e. The van der Waals surface area contributed by atoms with E-state index in [1.807, 2.05) is 0 Å². The lowest BCUT2D eigenvalue weighted by Crippen LogP contribution is -2.37. The summed E-state index contributed by atoms with van der Waals surface area (Å²) in [4.78, 5) is 14.8. The Kier molecular flexibility index (Phi) is 9.60. The van der Waals surface area contributed by atoms with E-state index in [2.05, 4.69) is 23.2 Å². The first-order valence-electron chi connectivity index (χ1n) is 10.9. The molecule has 2 fully saturated rings. The normalized spacial score (nSPS) is 24.8. The Morgan fingerprint density at radius 2 is 1.54 bits per heavy atom. The van der Waals surface area contributed by atoms with Gasteiger partial charge in [-0.2, -0.15) is 5.26 Å². The van der Waals surface area contributed by atoms with Crippen LogP contribution in [-0.2, 0) is 4.79 Å². The monoisotopic (exact) mass is 359 g/mol. The van der Waals surface area contributed by atoms with Crippen LogP contribution < -0.4 is 5.32 Å². The second-order valence-electron chi connectivity index (χ2n) is 8.33. The van der Waals surface area contributed by atoms with Gasteiger partial charge >= 0.3 is 0 Å². The molecule has 4 nitrogen and oxygen atoms in total. The van der Waals surface area contributed by atoms with Crippen molar-refractivity contribution in [2.75, 3.05) is 13.1 Å². The SMILES string of the molecule is CC1CCCN(/C=C(/C#N)C(=O)NC2CCCCCCCCCCC2)C1. The lowest BCUT2D eigenvalue weighted by atomic mass is 9.97. The van der Waals surface area contributed by atoms with Gasteiger partial charge in [-0.15, -0.1) is 0 Å². The van der Waals surface area contributed by atoms with Crippen molar-refractivity contribution >= 4 is 5.91 Å². The maximum Gasteiger partial charge on any atom is 0.263 e. The Labute approximate surface area is 160 Å². The Balaban J connectivity index is 1.89. The third-order valence-corrected chi connectivity index (χ3v) is 5.81. The number of nitrogens with one attached hydrogen (secondary N) is 1. The second-order valence-corrected chi connectivity index (χ2v) is 8.33. The number of piperidine rings is 1. The van der Waals surface area contributed by atoms with Crippen molar-refractivity contribution in [2.24, 2.45) is 5.92 Å². The zero-order chi connectivity index (χ0) is 18.6. The molecule has 1 saturated carbocycles. The van der Waals surface area contributed by atoms with Gasteiger partial charge < -0.3 is 10.2 Å². The van der Waals surface area contributed by atoms with Crippen LogP contribution in [0.15, 0.2) is 11.8 Å². The van der Waals surface area contributed by atoms with Crippen LogP contribution in [0, 0.1) is 17.2 Å². The van der Waals surface area contributed by atoms with E-state index < -0.39 is 0 Å². The van der Waals surface area contributed by atoms with E-state index in [0.29, 0.717) is 5.92 Å². The van der Waals surface area contributed by atoms with E-state index in [4.69, 9.17) is 0 Å². The molecule has 1 amide bonds. The molecule has 0 spiro atoms. The molecule has 0 aromatic heterocycles. The summed E-state index contributed by atoms with van der Waals surface area (Å²) in [6, 6.07) is 2.35. The molecule has 146 valence electrons. The molecule has 0 bridgehead atoms. The minimum absolute atomic E-state index is 0.178. The van der Waals surface area contributed by atoms with Crippen LogP contribution in [0.4, 0.5) is 0 Å². The molecule has 1 aliphatic carbocycles. The molecule has 2 rings (SSSR count). The number of likely N-dealkylation sites (tertiary alicyclic amines) is 1. The molecule has 26 heavy (non-hydrogen) atoms. The molecule has 1 saturated heterocycles. The molecule has 1 N–H and O–H groups in total. The van der Waals surface area contributed by atoms with Crippen LogP contribution in [0.1, 0.15) is 90.4 Å². The Morgan fingerprint density at radius 3 is 2.08 bits per heavy atom. The summed E-state index contributed by atoms with van der Waals surface area (Å²) in [5, 5.41) is 12.6. The fraction of sp³-hybridized carbons (Fsp3) is 0.818. The third-order valence-electron chi connectivity index (χ3n) is 5.81. The van der Waals surface area contributed by atoms with Gasteiger partial charge in [-0.05, 0) is 31.6 Å². The van der Waals surface area contributed by atoms with Crippen molar-refractivity contribution in [2.45, 2.75) is 96.4 Å². The Hall–Kier alpha value is -1.50. The van der Waals surface area contributed by atoms with Gasteiger partial charge in [0.2, 0.25) is 0 Å². The number of rotatable bonds is 3. The summed E-state index contributed by atoms with van der Waals surface area (Å²) in [6.45, 7) is 4.13. The van der Waals surface area contributed by atoms with E-state index in [0.717, 1.165) is 32.4 Å². The number of nitrogens with zero attached hydrogens (tertiary/aromatic N) is 2. The Morgan fingerprint density at radius 1 is 0.962 bits per heavy atom. The standard InChI is InChI=1S/C22H37N3O/c1-19-12-11-15-25(17-19)18-20(16-23)22(26)24-21-13-9-7-5-3-2-4-6-8-10-14-21/h18-19,21H,2-15,17H2,1H3,(H,24,26)/b20-18-. The van der Waals surface area contributed by atoms with E-state index in [1.165, 1.54) is 64.2 Å². The highest BCUT2D eigenvalue weighted by Crippen LogP contribution is 2.18. The van der Waals surface area contributed by atoms with Gasteiger partial charge in [-0.3, -0.25) is 4.79 Å². The molecule has 0 radical (unpaired) electrons. The van der Waals surface area contributed by atoms with Crippen molar-refractivity contribution in [3.63, 3.8) is 0 Å². The van der Waals surface area contributed by atoms with E-state index >= 15 is 0 Å². The highest BCUT2D eigenvalue weighted by Gasteiger charge is 2.19. The van der Waals surface area contributed by atoms with Crippen molar-refractivity contribution in [3.05, 3.63) is 11.8 Å². The zero-order valence-electron chi connectivity index (χ0n) is 16.6. The average Bonchev–Trinajstić information content (AvgIpc) is 2.62. The quantitative estimate of drug-likeness (QED) is 0.575. The maximum absolute atomic E-state index is 12.6. The highest BCUT2D eigenvalue weighted by atomic mass is 16.1. The van der Waals surface area contributed by atoms with Crippen molar-refractivity contribution in [1.29, 1.82) is 5.26 Å². The minimum Gasteiger partial charge on any atom is -0.376 e. The number of amides is 1. The van der Waals surface area contributed by atoms with Gasteiger partial charge in [0.25, 0.3) is 5.91 Å². The van der Waals surface area contributed by atoms with Crippen LogP contribution in [0.2, 0.25) is 0 Å². The molecule has 2 aliphatic rings. The molecule has 1 atom stereocenters. The van der Waals surface area contributed by atoms with Crippen molar-refractivity contribution in [3.8, 4) is 6.07 Å². The molecule has 0 aromatic carbocycles. The first kappa shape index (κ1) is 20.8. The third kappa shape index (κ3) is 7.81. The molecule has 1 aliphatic heterocycles. The first-order valence-corrected chi connectivity index (χ1v) is 10.9. The van der Waals surface area contributed by atoms with E-state index in [1.54, 1.807) is 6.20 Å². The second kappa shape index (κ2) is 12.0. The van der Waals surface area contributed by atoms with Gasteiger partial charge in [0.15, 0.2) is 0 Å². The number of carbonyl (C=O) groups excluding carboxylic acids is 1. The summed E-state index contributed by atoms with van der Waals surface area (Å²) in [5.41, 5.74) is 0.269. The fourth-order valence-electron chi connectivity index (χ4n) is 4.23. The van der Waals surface area contributed by atoms with Crippen molar-refractivity contribution < 1.29 is 4.79 Å². The zero-order valence-corrected chi connectivity index (χ0v) is 16.6. The Bertz CT molecular complexity index is 482. The smallest absolute Gasteiger partial charge is 0.263 e. The minimum atomic E-state index is -0.178. The first-order chi connectivity index (χ1) is 12.7. The summed E-state index contributed by atoms with van der Waals surface area (Å²) in [5.74, 6) is 0.456. The predicted molar refractivity (Wildman–Crippen MR) is 106 cm³/mol. The number of carbonyl (C=O) groups is 1. The lowest BCUT2D eigenvalue weighted by Gasteiger charge is -2.30. The van der Waals surface area contributed by atoms with Crippen LogP contribution >= 0.6 is 0 Å². The number of nitriles is 1. The summed E-state index contributed by atoms with van der Waals surface area (Å²) in [6.07, 6.45) is 17.9. The molecular formula is C22H37N3O. The van der Waals surface area contributed by atoms with Crippen molar-refractivity contribution in [1.82, 2.24) is 10.2 Å². The van der Waals surface area contributed by atoms with Crippen LogP contribution in [-0.4, -0.2) is 29.9 Å². The van der Waals surface area contributed by atoms with Gasteiger partial charge in [0.05, 0.1) is 0 Å². The van der Waals surface area contributed by atoms with E-state index in [-0.39, 0.29) is 17.5 Å². The van der Waals surface area contributed by atoms with Gasteiger partial charge in [-0.25, -0.2) is 0 Å². The lowest BCUT2D eigenvalue weighted by molar-refractivity contribution is -0.118. The fourth-order valence-corrected chi connectivity index (χ4v) is 4.23. The summed E-state index contributed by atoms with van der Waals surface area (Å²) < 4.78 is 0. The van der Waals surface area contributed by atoms with Gasteiger partial charge in [0, 0.05) is 25.3 Å².